The van der Waals surface area contributed by atoms with Gasteiger partial charge in [-0.3, -0.25) is 4.68 Å². The molecule has 1 aliphatic carbocycles. The Balaban J connectivity index is 2.37. The molecule has 0 saturated heterocycles. The summed E-state index contributed by atoms with van der Waals surface area (Å²) in [5.74, 6) is 0.688. The van der Waals surface area contributed by atoms with E-state index < -0.39 is 0 Å². The van der Waals surface area contributed by atoms with Crippen LogP contribution in [-0.2, 0) is 0 Å². The first-order valence-corrected chi connectivity index (χ1v) is 8.65. The molecule has 2 N–H and O–H groups in total. The first kappa shape index (κ1) is 16.0. The number of aromatic nitrogens is 2. The lowest BCUT2D eigenvalue weighted by Gasteiger charge is -2.37. The summed E-state index contributed by atoms with van der Waals surface area (Å²) >= 11 is 3.66. The van der Waals surface area contributed by atoms with Crippen LogP contribution in [0.5, 0.6) is 0 Å². The molecule has 0 bridgehead atoms. The predicted octanol–water partition coefficient (Wildman–Crippen LogP) is 4.83. The minimum Gasteiger partial charge on any atom is -0.322 e. The van der Waals surface area contributed by atoms with Gasteiger partial charge >= 0.3 is 0 Å². The zero-order valence-electron chi connectivity index (χ0n) is 13.2. The van der Waals surface area contributed by atoms with Crippen LogP contribution in [0.1, 0.15) is 77.6 Å². The van der Waals surface area contributed by atoms with Crippen LogP contribution < -0.4 is 5.73 Å². The highest BCUT2D eigenvalue weighted by Gasteiger charge is 2.42. The maximum Gasteiger partial charge on any atom is 0.0702 e. The minimum atomic E-state index is 0.0756. The summed E-state index contributed by atoms with van der Waals surface area (Å²) in [4.78, 5) is 0. The first-order chi connectivity index (χ1) is 9.37. The predicted molar refractivity (Wildman–Crippen MR) is 87.6 cm³/mol. The largest absolute Gasteiger partial charge is 0.322 e. The van der Waals surface area contributed by atoms with Gasteiger partial charge in [-0.2, -0.15) is 5.10 Å². The Morgan fingerprint density at radius 1 is 1.30 bits per heavy atom. The molecule has 0 aliphatic heterocycles. The molecule has 114 valence electrons. The zero-order valence-corrected chi connectivity index (χ0v) is 14.8. The summed E-state index contributed by atoms with van der Waals surface area (Å²) in [5, 5.41) is 4.51. The molecule has 1 atom stereocenters. The molecule has 1 aromatic rings. The van der Waals surface area contributed by atoms with E-state index in [0.29, 0.717) is 12.0 Å². The van der Waals surface area contributed by atoms with Gasteiger partial charge in [0, 0.05) is 6.04 Å². The fourth-order valence-corrected chi connectivity index (χ4v) is 4.40. The number of hydrogen-bond donors (Lipinski definition) is 1. The van der Waals surface area contributed by atoms with Crippen LogP contribution in [0.4, 0.5) is 0 Å². The molecule has 0 amide bonds. The van der Waals surface area contributed by atoms with Crippen molar-refractivity contribution in [1.29, 1.82) is 0 Å². The van der Waals surface area contributed by atoms with E-state index in [9.17, 15) is 0 Å². The quantitative estimate of drug-likeness (QED) is 0.833. The second-order valence-electron chi connectivity index (χ2n) is 7.06. The molecule has 20 heavy (non-hydrogen) atoms. The second-order valence-corrected chi connectivity index (χ2v) is 7.92. The number of nitrogens with two attached hydrogens (primary N) is 1. The summed E-state index contributed by atoms with van der Waals surface area (Å²) in [6.45, 7) is 8.95. The summed E-state index contributed by atoms with van der Waals surface area (Å²) in [6, 6.07) is 0.423. The van der Waals surface area contributed by atoms with Gasteiger partial charge in [0.1, 0.15) is 0 Å². The van der Waals surface area contributed by atoms with E-state index in [1.165, 1.54) is 37.8 Å². The number of nitrogens with zero attached hydrogens (tertiary/aromatic N) is 2. The van der Waals surface area contributed by atoms with E-state index in [1.807, 2.05) is 6.20 Å². The van der Waals surface area contributed by atoms with E-state index in [0.717, 1.165) is 4.47 Å². The highest BCUT2D eigenvalue weighted by atomic mass is 79.9. The maximum atomic E-state index is 6.78. The Morgan fingerprint density at radius 3 is 2.40 bits per heavy atom. The Hall–Kier alpha value is -0.350. The lowest BCUT2D eigenvalue weighted by molar-refractivity contribution is 0.175. The van der Waals surface area contributed by atoms with Crippen molar-refractivity contribution in [2.75, 3.05) is 0 Å². The van der Waals surface area contributed by atoms with E-state index in [2.05, 4.69) is 53.4 Å². The lowest BCUT2D eigenvalue weighted by Crippen LogP contribution is -2.35. The highest BCUT2D eigenvalue weighted by molar-refractivity contribution is 9.10. The molecule has 1 heterocycles. The van der Waals surface area contributed by atoms with E-state index in [1.54, 1.807) is 0 Å². The standard InChI is InChI=1S/C16H28BrN3/c1-11(2)9-16(7-5-6-8-16)15(18)14-13(17)10-19-20(14)12(3)4/h10-12,15H,5-9,18H2,1-4H3. The van der Waals surface area contributed by atoms with Crippen LogP contribution in [0.15, 0.2) is 10.7 Å². The number of rotatable bonds is 5. The molecular formula is C16H28BrN3. The molecule has 0 radical (unpaired) electrons. The monoisotopic (exact) mass is 341 g/mol. The van der Waals surface area contributed by atoms with E-state index >= 15 is 0 Å². The summed E-state index contributed by atoms with van der Waals surface area (Å²) in [6.07, 6.45) is 8.24. The topological polar surface area (TPSA) is 43.8 Å². The average molecular weight is 342 g/mol. The van der Waals surface area contributed by atoms with Crippen molar-refractivity contribution in [3.63, 3.8) is 0 Å². The van der Waals surface area contributed by atoms with Crippen LogP contribution in [0.3, 0.4) is 0 Å². The summed E-state index contributed by atoms with van der Waals surface area (Å²) in [5.41, 5.74) is 8.21. The van der Waals surface area contributed by atoms with Crippen LogP contribution in [0, 0.1) is 11.3 Å². The summed E-state index contributed by atoms with van der Waals surface area (Å²) < 4.78 is 3.16. The highest BCUT2D eigenvalue weighted by Crippen LogP contribution is 2.51. The Morgan fingerprint density at radius 2 is 1.90 bits per heavy atom. The van der Waals surface area contributed by atoms with Crippen molar-refractivity contribution < 1.29 is 0 Å². The molecule has 0 aromatic carbocycles. The van der Waals surface area contributed by atoms with Crippen molar-refractivity contribution >= 4 is 15.9 Å². The van der Waals surface area contributed by atoms with Gasteiger partial charge in [-0.25, -0.2) is 0 Å². The number of hydrogen-bond acceptors (Lipinski definition) is 2. The van der Waals surface area contributed by atoms with Gasteiger partial charge in [0.15, 0.2) is 0 Å². The van der Waals surface area contributed by atoms with Crippen molar-refractivity contribution in [2.24, 2.45) is 17.1 Å². The second kappa shape index (κ2) is 6.18. The molecule has 3 nitrogen and oxygen atoms in total. The summed E-state index contributed by atoms with van der Waals surface area (Å²) in [7, 11) is 0. The smallest absolute Gasteiger partial charge is 0.0702 e. The van der Waals surface area contributed by atoms with Crippen molar-refractivity contribution in [3.05, 3.63) is 16.4 Å². The Bertz CT molecular complexity index is 445. The SMILES string of the molecule is CC(C)CC1(C(N)c2c(Br)cnn2C(C)C)CCCC1. The molecule has 1 fully saturated rings. The van der Waals surface area contributed by atoms with Gasteiger partial charge in [-0.05, 0) is 60.4 Å². The van der Waals surface area contributed by atoms with Crippen molar-refractivity contribution in [2.45, 2.75) is 71.9 Å². The Kier molecular flexibility index (Phi) is 4.96. The van der Waals surface area contributed by atoms with E-state index in [-0.39, 0.29) is 11.5 Å². The van der Waals surface area contributed by atoms with E-state index in [4.69, 9.17) is 5.73 Å². The normalized spacial score (nSPS) is 20.0. The van der Waals surface area contributed by atoms with Gasteiger partial charge in [0.05, 0.1) is 22.4 Å². The maximum absolute atomic E-state index is 6.78. The number of halogens is 1. The minimum absolute atomic E-state index is 0.0756. The zero-order chi connectivity index (χ0) is 14.9. The third kappa shape index (κ3) is 2.96. The molecule has 2 rings (SSSR count). The fraction of sp³-hybridized carbons (Fsp3) is 0.812. The van der Waals surface area contributed by atoms with Gasteiger partial charge in [0.25, 0.3) is 0 Å². The van der Waals surface area contributed by atoms with Crippen LogP contribution in [-0.4, -0.2) is 9.78 Å². The van der Waals surface area contributed by atoms with Gasteiger partial charge in [0.2, 0.25) is 0 Å². The van der Waals surface area contributed by atoms with Crippen molar-refractivity contribution in [3.8, 4) is 0 Å². The molecule has 0 spiro atoms. The van der Waals surface area contributed by atoms with Crippen LogP contribution >= 0.6 is 15.9 Å². The van der Waals surface area contributed by atoms with Crippen LogP contribution in [0.25, 0.3) is 0 Å². The fourth-order valence-electron chi connectivity index (χ4n) is 3.88. The third-order valence-electron chi connectivity index (χ3n) is 4.64. The van der Waals surface area contributed by atoms with Gasteiger partial charge in [-0.15, -0.1) is 0 Å². The molecule has 1 aromatic heterocycles. The molecular weight excluding hydrogens is 314 g/mol. The molecule has 4 heteroatoms. The molecule has 1 unspecified atom stereocenters. The molecule has 1 aliphatic rings. The van der Waals surface area contributed by atoms with Crippen LogP contribution in [0.2, 0.25) is 0 Å². The lowest BCUT2D eigenvalue weighted by atomic mass is 9.72. The molecule has 1 saturated carbocycles. The average Bonchev–Trinajstić information content (AvgIpc) is 2.95. The first-order valence-electron chi connectivity index (χ1n) is 7.86. The third-order valence-corrected chi connectivity index (χ3v) is 5.26. The van der Waals surface area contributed by atoms with Gasteiger partial charge in [-0.1, -0.05) is 26.7 Å². The van der Waals surface area contributed by atoms with Gasteiger partial charge < -0.3 is 5.73 Å². The Labute approximate surface area is 131 Å². The van der Waals surface area contributed by atoms with Crippen molar-refractivity contribution in [1.82, 2.24) is 9.78 Å².